The highest BCUT2D eigenvalue weighted by atomic mass is 19.4. The van der Waals surface area contributed by atoms with Crippen LogP contribution in [0.2, 0.25) is 0 Å². The summed E-state index contributed by atoms with van der Waals surface area (Å²) in [7, 11) is 1.40. The van der Waals surface area contributed by atoms with Crippen LogP contribution in [0.25, 0.3) is 22.2 Å². The summed E-state index contributed by atoms with van der Waals surface area (Å²) in [5.41, 5.74) is -5.78. The van der Waals surface area contributed by atoms with Crippen molar-refractivity contribution >= 4 is 22.7 Å². The largest absolute Gasteiger partial charge is 0.494 e. The van der Waals surface area contributed by atoms with Gasteiger partial charge < -0.3 is 25.2 Å². The van der Waals surface area contributed by atoms with Gasteiger partial charge in [-0.15, -0.1) is 0 Å². The summed E-state index contributed by atoms with van der Waals surface area (Å²) >= 11 is 0. The number of nitrogens with zero attached hydrogens (tertiary/aromatic N) is 3. The van der Waals surface area contributed by atoms with E-state index < -0.39 is 52.6 Å². The molecule has 2 saturated carbocycles. The Morgan fingerprint density at radius 2 is 1.83 bits per heavy atom. The van der Waals surface area contributed by atoms with E-state index in [1.165, 1.54) is 31.4 Å². The molecule has 4 aromatic rings. The van der Waals surface area contributed by atoms with Crippen molar-refractivity contribution in [1.29, 1.82) is 0 Å². The van der Waals surface area contributed by atoms with Crippen molar-refractivity contribution in [1.82, 2.24) is 25.4 Å². The Morgan fingerprint density at radius 1 is 1.12 bits per heavy atom. The van der Waals surface area contributed by atoms with E-state index >= 15 is 0 Å². The highest BCUT2D eigenvalue weighted by Gasteiger charge is 2.58. The molecule has 10 nitrogen and oxygen atoms in total. The van der Waals surface area contributed by atoms with Crippen molar-refractivity contribution in [2.45, 2.75) is 68.3 Å². The second-order valence-electron chi connectivity index (χ2n) is 13.4. The first kappa shape index (κ1) is 31.9. The summed E-state index contributed by atoms with van der Waals surface area (Å²) in [6.45, 7) is 1.89. The Kier molecular flexibility index (Phi) is 7.24. The molecule has 14 heteroatoms. The van der Waals surface area contributed by atoms with Crippen LogP contribution in [0, 0.1) is 5.82 Å². The number of hydrogen-bond acceptors (Lipinski definition) is 7. The molecule has 2 amide bonds. The molecular weight excluding hydrogens is 634 g/mol. The molecule has 0 bridgehead atoms. The van der Waals surface area contributed by atoms with Crippen molar-refractivity contribution < 1.29 is 41.7 Å². The summed E-state index contributed by atoms with van der Waals surface area (Å²) in [5, 5.41) is 21.7. The summed E-state index contributed by atoms with van der Waals surface area (Å²) in [6.07, 6.45) is -0.152. The fourth-order valence-electron chi connectivity index (χ4n) is 5.89. The van der Waals surface area contributed by atoms with Crippen molar-refractivity contribution in [2.75, 3.05) is 20.3 Å². The molecule has 0 spiro atoms. The van der Waals surface area contributed by atoms with Gasteiger partial charge in [0.2, 0.25) is 11.5 Å². The van der Waals surface area contributed by atoms with Crippen LogP contribution >= 0.6 is 0 Å². The molecule has 2 aromatic heterocycles. The lowest BCUT2D eigenvalue weighted by molar-refractivity contribution is -0.265. The summed E-state index contributed by atoms with van der Waals surface area (Å²) in [4.78, 5) is 31.1. The first-order valence-electron chi connectivity index (χ1n) is 15.6. The van der Waals surface area contributed by atoms with E-state index in [9.17, 15) is 32.3 Å². The van der Waals surface area contributed by atoms with Gasteiger partial charge in [-0.2, -0.15) is 18.3 Å². The molecule has 0 unspecified atom stereocenters. The minimum absolute atomic E-state index is 0.000600. The number of carbonyl (C=O) groups excluding carboxylic acids is 2. The number of aromatic nitrogens is 3. The molecule has 1 aliphatic heterocycles. The number of pyridine rings is 1. The molecule has 3 heterocycles. The Labute approximate surface area is 272 Å². The number of ether oxygens (including phenoxy) is 2. The Hall–Kier alpha value is -4.72. The first-order chi connectivity index (χ1) is 22.6. The number of halogens is 4. The van der Waals surface area contributed by atoms with E-state index in [2.05, 4.69) is 20.7 Å². The number of rotatable bonds is 9. The van der Waals surface area contributed by atoms with Gasteiger partial charge >= 0.3 is 6.18 Å². The number of nitrogens with one attached hydrogen (secondary N) is 2. The molecular formula is C34H33F4N5O5. The predicted octanol–water partition coefficient (Wildman–Crippen LogP) is 5.08. The van der Waals surface area contributed by atoms with Gasteiger partial charge in [0.15, 0.2) is 0 Å². The average Bonchev–Trinajstić information content (AvgIpc) is 3.96. The summed E-state index contributed by atoms with van der Waals surface area (Å²) in [5.74, 6) is -1.63. The number of carbonyl (C=O) groups is 2. The SMILES string of the molecule is COc1cc(C(=O)NC[C@](O)(c2cc3c(c(-c4ccc(F)cc4)n2)OC[C@]3(C)C(=O)NC2(C)CC2)C(F)(F)F)cc2cn(C3CC3)nc12. The molecule has 2 fully saturated rings. The molecule has 0 radical (unpaired) electrons. The predicted molar refractivity (Wildman–Crippen MR) is 165 cm³/mol. The lowest BCUT2D eigenvalue weighted by atomic mass is 9.81. The first-order valence-corrected chi connectivity index (χ1v) is 15.6. The van der Waals surface area contributed by atoms with Crippen LogP contribution in [0.3, 0.4) is 0 Å². The zero-order valence-corrected chi connectivity index (χ0v) is 26.4. The molecule has 0 saturated heterocycles. The third-order valence-electron chi connectivity index (χ3n) is 9.50. The monoisotopic (exact) mass is 667 g/mol. The van der Waals surface area contributed by atoms with Gasteiger partial charge in [-0.3, -0.25) is 14.3 Å². The van der Waals surface area contributed by atoms with E-state index in [1.807, 2.05) is 6.92 Å². The fourth-order valence-corrected chi connectivity index (χ4v) is 5.89. The highest BCUT2D eigenvalue weighted by molar-refractivity contribution is 6.00. The van der Waals surface area contributed by atoms with Crippen molar-refractivity contribution in [3.05, 3.63) is 71.3 Å². The summed E-state index contributed by atoms with van der Waals surface area (Å²) < 4.78 is 71.8. The number of hydrogen-bond donors (Lipinski definition) is 3. The van der Waals surface area contributed by atoms with Crippen LogP contribution in [0.1, 0.15) is 67.2 Å². The number of benzene rings is 2. The maximum Gasteiger partial charge on any atom is 0.424 e. The van der Waals surface area contributed by atoms with E-state index in [-0.39, 0.29) is 46.5 Å². The standard InChI is InChI=1S/C34H33F4N5O5/c1-31(10-11-31)41-30(45)32(2)17-48-28-23(32)14-25(40-27(28)18-4-6-21(35)7-5-18)33(46,34(36,37)38)16-39-29(44)19-12-20-15-43(22-8-9-22)42-26(20)24(13-19)47-3/h4-7,12-15,22,46H,8-11,16-17H2,1-3H3,(H,39,44)(H,41,45)/t32-,33-/m0/s1. The molecule has 2 aromatic carbocycles. The Morgan fingerprint density at radius 3 is 2.46 bits per heavy atom. The number of fused-ring (bicyclic) bond motifs is 2. The van der Waals surface area contributed by atoms with Gasteiger partial charge in [0.25, 0.3) is 5.91 Å². The van der Waals surface area contributed by atoms with E-state index in [4.69, 9.17) is 9.47 Å². The van der Waals surface area contributed by atoms with Gasteiger partial charge in [0, 0.05) is 33.8 Å². The minimum Gasteiger partial charge on any atom is -0.494 e. The maximum absolute atomic E-state index is 14.9. The number of amides is 2. The van der Waals surface area contributed by atoms with Gasteiger partial charge in [-0.1, -0.05) is 0 Å². The lowest BCUT2D eigenvalue weighted by Crippen LogP contribution is -2.52. The van der Waals surface area contributed by atoms with Crippen molar-refractivity contribution in [3.63, 3.8) is 0 Å². The van der Waals surface area contributed by atoms with Crippen LogP contribution in [-0.4, -0.2) is 63.7 Å². The number of alkyl halides is 3. The molecule has 2 atom stereocenters. The maximum atomic E-state index is 14.9. The minimum atomic E-state index is -5.34. The fraction of sp³-hybridized carbons (Fsp3) is 0.412. The zero-order chi connectivity index (χ0) is 34.2. The van der Waals surface area contributed by atoms with Gasteiger partial charge in [-0.25, -0.2) is 9.37 Å². The zero-order valence-electron chi connectivity index (χ0n) is 26.4. The average molecular weight is 668 g/mol. The smallest absolute Gasteiger partial charge is 0.424 e. The van der Waals surface area contributed by atoms with Crippen LogP contribution in [0.15, 0.2) is 48.7 Å². The molecule has 3 N–H and O–H groups in total. The quantitative estimate of drug-likeness (QED) is 0.213. The third-order valence-corrected chi connectivity index (χ3v) is 9.50. The van der Waals surface area contributed by atoms with Gasteiger partial charge in [-0.05, 0) is 82.0 Å². The number of aliphatic hydroxyl groups is 1. The van der Waals surface area contributed by atoms with E-state index in [1.54, 1.807) is 17.8 Å². The molecule has 7 rings (SSSR count). The summed E-state index contributed by atoms with van der Waals surface area (Å²) in [6, 6.07) is 8.97. The topological polar surface area (TPSA) is 128 Å². The van der Waals surface area contributed by atoms with Crippen LogP contribution in [0.4, 0.5) is 17.6 Å². The second kappa shape index (κ2) is 10.9. The third kappa shape index (κ3) is 5.41. The normalized spacial score (nSPS) is 20.8. The van der Waals surface area contributed by atoms with Crippen molar-refractivity contribution in [3.8, 4) is 22.8 Å². The van der Waals surface area contributed by atoms with Gasteiger partial charge in [0.1, 0.15) is 40.5 Å². The lowest BCUT2D eigenvalue weighted by Gasteiger charge is -2.32. The molecule has 252 valence electrons. The molecule has 2 aliphatic carbocycles. The van der Waals surface area contributed by atoms with Gasteiger partial charge in [0.05, 0.1) is 25.4 Å². The molecule has 3 aliphatic rings. The van der Waals surface area contributed by atoms with Crippen LogP contribution < -0.4 is 20.1 Å². The van der Waals surface area contributed by atoms with Crippen LogP contribution in [0.5, 0.6) is 11.5 Å². The van der Waals surface area contributed by atoms with E-state index in [0.29, 0.717) is 10.9 Å². The highest BCUT2D eigenvalue weighted by Crippen LogP contribution is 2.49. The number of methoxy groups -OCH3 is 1. The van der Waals surface area contributed by atoms with E-state index in [0.717, 1.165) is 43.9 Å². The van der Waals surface area contributed by atoms with Crippen molar-refractivity contribution in [2.24, 2.45) is 0 Å². The Bertz CT molecular complexity index is 1950. The Balaban J connectivity index is 1.27. The van der Waals surface area contributed by atoms with Crippen LogP contribution in [-0.2, 0) is 15.8 Å². The molecule has 48 heavy (non-hydrogen) atoms. The second-order valence-corrected chi connectivity index (χ2v) is 13.4.